The Labute approximate surface area is 106 Å². The molecule has 0 unspecified atom stereocenters. The third-order valence-corrected chi connectivity index (χ3v) is 2.04. The van der Waals surface area contributed by atoms with Crippen LogP contribution in [0.4, 0.5) is 10.5 Å². The maximum Gasteiger partial charge on any atom is 0.412 e. The molecule has 0 atom stereocenters. The van der Waals surface area contributed by atoms with Crippen molar-refractivity contribution in [1.29, 1.82) is 0 Å². The Bertz CT molecular complexity index is 444. The summed E-state index contributed by atoms with van der Waals surface area (Å²) >= 11 is 0. The van der Waals surface area contributed by atoms with Crippen LogP contribution >= 0.6 is 0 Å². The molecule has 0 fully saturated rings. The van der Waals surface area contributed by atoms with E-state index in [1.807, 2.05) is 0 Å². The predicted molar refractivity (Wildman–Crippen MR) is 69.6 cm³/mol. The van der Waals surface area contributed by atoms with Gasteiger partial charge < -0.3 is 15.4 Å². The predicted octanol–water partition coefficient (Wildman–Crippen LogP) is 2.31. The molecule has 18 heavy (non-hydrogen) atoms. The van der Waals surface area contributed by atoms with Crippen LogP contribution in [0.15, 0.2) is 36.9 Å². The van der Waals surface area contributed by atoms with Gasteiger partial charge in [0, 0.05) is 24.7 Å². The van der Waals surface area contributed by atoms with Crippen molar-refractivity contribution < 1.29 is 14.3 Å². The van der Waals surface area contributed by atoms with Crippen LogP contribution in [-0.4, -0.2) is 18.5 Å². The first-order chi connectivity index (χ1) is 8.65. The van der Waals surface area contributed by atoms with E-state index in [0.717, 1.165) is 0 Å². The van der Waals surface area contributed by atoms with Gasteiger partial charge in [-0.3, -0.25) is 4.79 Å². The molecule has 0 aliphatic rings. The van der Waals surface area contributed by atoms with Crippen LogP contribution in [0, 0.1) is 0 Å². The molecule has 0 radical (unpaired) electrons. The summed E-state index contributed by atoms with van der Waals surface area (Å²) in [6.45, 7) is 5.58. The number of anilines is 1. The highest BCUT2D eigenvalue weighted by Gasteiger charge is 2.04. The molecule has 0 aliphatic heterocycles. The fraction of sp³-hybridized carbons (Fsp3) is 0.231. The van der Waals surface area contributed by atoms with Crippen LogP contribution in [0.25, 0.3) is 0 Å². The van der Waals surface area contributed by atoms with Crippen molar-refractivity contribution in [1.82, 2.24) is 5.32 Å². The van der Waals surface area contributed by atoms with Gasteiger partial charge >= 0.3 is 6.09 Å². The largest absolute Gasteiger partial charge is 0.412 e. The van der Waals surface area contributed by atoms with Gasteiger partial charge in [0.2, 0.25) is 5.91 Å². The van der Waals surface area contributed by atoms with E-state index in [4.69, 9.17) is 4.74 Å². The van der Waals surface area contributed by atoms with E-state index in [2.05, 4.69) is 17.2 Å². The number of nitrogens with one attached hydrogen (secondary N) is 2. The van der Waals surface area contributed by atoms with Crippen molar-refractivity contribution in [3.8, 4) is 5.75 Å². The molecule has 5 nitrogen and oxygen atoms in total. The summed E-state index contributed by atoms with van der Waals surface area (Å²) in [4.78, 5) is 22.5. The molecule has 0 saturated heterocycles. The summed E-state index contributed by atoms with van der Waals surface area (Å²) in [5.41, 5.74) is 0.593. The minimum absolute atomic E-state index is 0.0942. The molecule has 1 aromatic carbocycles. The highest BCUT2D eigenvalue weighted by Crippen LogP contribution is 2.17. The Morgan fingerprint density at radius 2 is 2.22 bits per heavy atom. The monoisotopic (exact) mass is 248 g/mol. The van der Waals surface area contributed by atoms with Gasteiger partial charge in [-0.25, -0.2) is 4.79 Å². The second-order valence-corrected chi connectivity index (χ2v) is 3.49. The first-order valence-electron chi connectivity index (χ1n) is 5.62. The summed E-state index contributed by atoms with van der Waals surface area (Å²) in [5.74, 6) is 0.272. The molecule has 2 amide bonds. The lowest BCUT2D eigenvalue weighted by Gasteiger charge is -2.07. The number of ether oxygens (including phenoxy) is 1. The van der Waals surface area contributed by atoms with Gasteiger partial charge in [-0.2, -0.15) is 0 Å². The number of rotatable bonds is 5. The maximum absolute atomic E-state index is 11.3. The molecule has 96 valence electrons. The van der Waals surface area contributed by atoms with Crippen molar-refractivity contribution in [3.63, 3.8) is 0 Å². The second kappa shape index (κ2) is 7.11. The number of hydrogen-bond donors (Lipinski definition) is 2. The van der Waals surface area contributed by atoms with Crippen LogP contribution in [0.5, 0.6) is 5.75 Å². The lowest BCUT2D eigenvalue weighted by Crippen LogP contribution is -2.26. The molecule has 0 bridgehead atoms. The average Bonchev–Trinajstić information content (AvgIpc) is 2.36. The standard InChI is InChI=1S/C13H16N2O3/c1-3-8-14-13(17)18-11-7-5-6-10(9-11)15-12(16)4-2/h3,5-7,9H,1,4,8H2,2H3,(H,14,17)(H,15,16). The van der Waals surface area contributed by atoms with Gasteiger partial charge in [-0.1, -0.05) is 19.1 Å². The van der Waals surface area contributed by atoms with Gasteiger partial charge in [-0.15, -0.1) is 6.58 Å². The first kappa shape index (κ1) is 13.8. The van der Waals surface area contributed by atoms with Gasteiger partial charge in [0.05, 0.1) is 0 Å². The minimum Gasteiger partial charge on any atom is -0.410 e. The summed E-state index contributed by atoms with van der Waals surface area (Å²) in [6, 6.07) is 6.64. The average molecular weight is 248 g/mol. The lowest BCUT2D eigenvalue weighted by molar-refractivity contribution is -0.115. The van der Waals surface area contributed by atoms with E-state index in [-0.39, 0.29) is 5.91 Å². The summed E-state index contributed by atoms with van der Waals surface area (Å²) in [6.07, 6.45) is 1.39. The molecule has 1 rings (SSSR count). The van der Waals surface area contributed by atoms with Gasteiger partial charge in [0.15, 0.2) is 0 Å². The molecule has 5 heteroatoms. The molecule has 2 N–H and O–H groups in total. The van der Waals surface area contributed by atoms with Crippen molar-refractivity contribution in [2.75, 3.05) is 11.9 Å². The third kappa shape index (κ3) is 4.69. The summed E-state index contributed by atoms with van der Waals surface area (Å²) in [5, 5.41) is 5.17. The Kier molecular flexibility index (Phi) is 5.44. The summed E-state index contributed by atoms with van der Waals surface area (Å²) < 4.78 is 5.02. The van der Waals surface area contributed by atoms with Gasteiger partial charge in [-0.05, 0) is 12.1 Å². The Balaban J connectivity index is 2.61. The number of carbonyl (C=O) groups excluding carboxylic acids is 2. The second-order valence-electron chi connectivity index (χ2n) is 3.49. The van der Waals surface area contributed by atoms with Crippen molar-refractivity contribution >= 4 is 17.7 Å². The van der Waals surface area contributed by atoms with Crippen LogP contribution in [0.2, 0.25) is 0 Å². The van der Waals surface area contributed by atoms with Gasteiger partial charge in [0.25, 0.3) is 0 Å². The van der Waals surface area contributed by atoms with Crippen molar-refractivity contribution in [3.05, 3.63) is 36.9 Å². The molecule has 0 heterocycles. The zero-order chi connectivity index (χ0) is 13.4. The topological polar surface area (TPSA) is 67.4 Å². The van der Waals surface area contributed by atoms with Crippen LogP contribution in [-0.2, 0) is 4.79 Å². The SMILES string of the molecule is C=CCNC(=O)Oc1cccc(NC(=O)CC)c1. The first-order valence-corrected chi connectivity index (χ1v) is 5.62. The van der Waals surface area contributed by atoms with Crippen molar-refractivity contribution in [2.24, 2.45) is 0 Å². The van der Waals surface area contributed by atoms with E-state index < -0.39 is 6.09 Å². The number of amides is 2. The highest BCUT2D eigenvalue weighted by atomic mass is 16.6. The zero-order valence-corrected chi connectivity index (χ0v) is 10.2. The highest BCUT2D eigenvalue weighted by molar-refractivity contribution is 5.90. The number of hydrogen-bond acceptors (Lipinski definition) is 3. The number of carbonyl (C=O) groups is 2. The maximum atomic E-state index is 11.3. The van der Waals surface area contributed by atoms with E-state index in [0.29, 0.717) is 24.4 Å². The van der Waals surface area contributed by atoms with Crippen LogP contribution in [0.1, 0.15) is 13.3 Å². The van der Waals surface area contributed by atoms with E-state index in [9.17, 15) is 9.59 Å². The molecular weight excluding hydrogens is 232 g/mol. The molecule has 0 spiro atoms. The van der Waals surface area contributed by atoms with Gasteiger partial charge in [0.1, 0.15) is 5.75 Å². The van der Waals surface area contributed by atoms with E-state index in [1.54, 1.807) is 37.3 Å². The van der Waals surface area contributed by atoms with E-state index >= 15 is 0 Å². The lowest BCUT2D eigenvalue weighted by atomic mass is 10.3. The Hall–Kier alpha value is -2.30. The molecular formula is C13H16N2O3. The minimum atomic E-state index is -0.561. The zero-order valence-electron chi connectivity index (χ0n) is 10.2. The van der Waals surface area contributed by atoms with E-state index in [1.165, 1.54) is 0 Å². The quantitative estimate of drug-likeness (QED) is 0.786. The van der Waals surface area contributed by atoms with Crippen LogP contribution in [0.3, 0.4) is 0 Å². The third-order valence-electron chi connectivity index (χ3n) is 2.04. The normalized spacial score (nSPS) is 9.39. The Morgan fingerprint density at radius 1 is 1.44 bits per heavy atom. The molecule has 0 saturated carbocycles. The number of benzene rings is 1. The van der Waals surface area contributed by atoms with Crippen molar-refractivity contribution in [2.45, 2.75) is 13.3 Å². The fourth-order valence-electron chi connectivity index (χ4n) is 1.19. The molecule has 0 aromatic heterocycles. The fourth-order valence-corrected chi connectivity index (χ4v) is 1.19. The Morgan fingerprint density at radius 3 is 2.89 bits per heavy atom. The molecule has 0 aliphatic carbocycles. The summed E-state index contributed by atoms with van der Waals surface area (Å²) in [7, 11) is 0. The molecule has 1 aromatic rings. The van der Waals surface area contributed by atoms with Crippen LogP contribution < -0.4 is 15.4 Å². The smallest absolute Gasteiger partial charge is 0.410 e.